The minimum atomic E-state index is -0.944. The van der Waals surface area contributed by atoms with E-state index in [1.807, 2.05) is 32.6 Å². The molecule has 0 spiro atoms. The number of anilines is 1. The first-order chi connectivity index (χ1) is 25.0. The Morgan fingerprint density at radius 2 is 1.88 bits per heavy atom. The quantitative estimate of drug-likeness (QED) is 0.190. The maximum atomic E-state index is 17.0. The molecule has 3 aromatic heterocycles. The van der Waals surface area contributed by atoms with Gasteiger partial charge in [-0.1, -0.05) is 13.0 Å². The zero-order valence-corrected chi connectivity index (χ0v) is 29.8. The van der Waals surface area contributed by atoms with Crippen molar-refractivity contribution in [3.63, 3.8) is 0 Å². The molecule has 2 atom stereocenters. The second-order valence-electron chi connectivity index (χ2n) is 14.7. The number of aryl methyl sites for hydroxylation is 2. The molecule has 10 nitrogen and oxygen atoms in total. The zero-order valence-electron chi connectivity index (χ0n) is 29.8. The Labute approximate surface area is 299 Å². The maximum absolute atomic E-state index is 17.0. The van der Waals surface area contributed by atoms with Gasteiger partial charge in [-0.05, 0) is 99.5 Å². The molecular formula is C39H42F3N7O3. The number of nitrogens with zero attached hydrogens (tertiary/aromatic N) is 7. The molecule has 13 heteroatoms. The van der Waals surface area contributed by atoms with Crippen molar-refractivity contribution in [1.29, 1.82) is 0 Å². The van der Waals surface area contributed by atoms with Gasteiger partial charge in [-0.25, -0.2) is 17.9 Å². The predicted molar refractivity (Wildman–Crippen MR) is 192 cm³/mol. The van der Waals surface area contributed by atoms with Crippen LogP contribution in [0.25, 0.3) is 32.9 Å². The smallest absolute Gasteiger partial charge is 0.319 e. The molecule has 272 valence electrons. The number of fused-ring (bicyclic) bond motifs is 3. The second-order valence-corrected chi connectivity index (χ2v) is 14.7. The van der Waals surface area contributed by atoms with Crippen LogP contribution >= 0.6 is 0 Å². The van der Waals surface area contributed by atoms with Gasteiger partial charge in [-0.2, -0.15) is 15.1 Å². The molecule has 6 heterocycles. The normalized spacial score (nSPS) is 21.1. The molecule has 3 aliphatic heterocycles. The van der Waals surface area contributed by atoms with E-state index in [9.17, 15) is 14.3 Å². The number of rotatable bonds is 7. The minimum Gasteiger partial charge on any atom is -0.508 e. The van der Waals surface area contributed by atoms with Crippen LogP contribution in [0.2, 0.25) is 0 Å². The monoisotopic (exact) mass is 713 g/mol. The van der Waals surface area contributed by atoms with E-state index in [2.05, 4.69) is 20.0 Å². The van der Waals surface area contributed by atoms with Gasteiger partial charge in [0.1, 0.15) is 41.4 Å². The summed E-state index contributed by atoms with van der Waals surface area (Å²) >= 11 is 0. The first-order valence-corrected chi connectivity index (χ1v) is 18.1. The van der Waals surface area contributed by atoms with E-state index < -0.39 is 23.3 Å². The van der Waals surface area contributed by atoms with Crippen LogP contribution in [0.15, 0.2) is 30.5 Å². The average molecular weight is 714 g/mol. The Morgan fingerprint density at radius 3 is 2.62 bits per heavy atom. The summed E-state index contributed by atoms with van der Waals surface area (Å²) in [7, 11) is 0. The van der Waals surface area contributed by atoms with E-state index in [-0.39, 0.29) is 47.0 Å². The summed E-state index contributed by atoms with van der Waals surface area (Å²) in [5.74, 6) is -1.19. The van der Waals surface area contributed by atoms with Crippen molar-refractivity contribution >= 4 is 33.4 Å². The highest BCUT2D eigenvalue weighted by atomic mass is 19.1. The molecule has 0 bridgehead atoms. The van der Waals surface area contributed by atoms with Crippen LogP contribution in [0.4, 0.5) is 19.0 Å². The Balaban J connectivity index is 1.19. The van der Waals surface area contributed by atoms with Gasteiger partial charge < -0.3 is 14.7 Å². The molecule has 3 fully saturated rings. The lowest BCUT2D eigenvalue weighted by molar-refractivity contribution is 0.0792. The minimum absolute atomic E-state index is 0.0390. The molecule has 3 aliphatic rings. The SMILES string of the molecule is CCc1c(F)ccc2cc(O)cc(-c3ncc4c(N5CCC(C(=O)n6nc(C)c(C)c6C)CC5)nc(OC[C@@]56CCCN5C[C@H](F)C6)nc4c3F)c12. The van der Waals surface area contributed by atoms with E-state index in [0.717, 1.165) is 36.3 Å². The molecule has 3 saturated heterocycles. The molecule has 0 saturated carbocycles. The molecule has 0 aliphatic carbocycles. The Morgan fingerprint density at radius 1 is 1.10 bits per heavy atom. The van der Waals surface area contributed by atoms with Crippen LogP contribution < -0.4 is 9.64 Å². The third kappa shape index (κ3) is 5.64. The lowest BCUT2D eigenvalue weighted by Crippen LogP contribution is -2.43. The van der Waals surface area contributed by atoms with Crippen LogP contribution in [0.3, 0.4) is 0 Å². The van der Waals surface area contributed by atoms with Gasteiger partial charge in [0.15, 0.2) is 5.82 Å². The number of aromatic hydroxyl groups is 1. The molecule has 5 aromatic rings. The predicted octanol–water partition coefficient (Wildman–Crippen LogP) is 7.02. The van der Waals surface area contributed by atoms with Crippen LogP contribution in [-0.2, 0) is 6.42 Å². The summed E-state index contributed by atoms with van der Waals surface area (Å²) in [5, 5.41) is 16.5. The number of phenols is 1. The first-order valence-electron chi connectivity index (χ1n) is 18.1. The molecule has 8 rings (SSSR count). The number of piperidine rings is 1. The van der Waals surface area contributed by atoms with Gasteiger partial charge in [0.25, 0.3) is 0 Å². The molecule has 0 unspecified atom stereocenters. The number of pyridine rings is 1. The third-order valence-corrected chi connectivity index (χ3v) is 11.6. The van der Waals surface area contributed by atoms with Gasteiger partial charge in [0.05, 0.1) is 16.6 Å². The number of benzene rings is 2. The van der Waals surface area contributed by atoms with Crippen LogP contribution in [0.5, 0.6) is 11.8 Å². The number of ether oxygens (including phenoxy) is 1. The summed E-state index contributed by atoms with van der Waals surface area (Å²) < 4.78 is 54.4. The van der Waals surface area contributed by atoms with E-state index >= 15 is 8.78 Å². The highest BCUT2D eigenvalue weighted by molar-refractivity contribution is 6.01. The topological polar surface area (TPSA) is 110 Å². The summed E-state index contributed by atoms with van der Waals surface area (Å²) in [6.07, 6.45) is 4.04. The molecule has 52 heavy (non-hydrogen) atoms. The lowest BCUT2D eigenvalue weighted by atomic mass is 9.94. The van der Waals surface area contributed by atoms with Crippen molar-refractivity contribution in [3.05, 3.63) is 64.6 Å². The van der Waals surface area contributed by atoms with Gasteiger partial charge in [-0.15, -0.1) is 0 Å². The van der Waals surface area contributed by atoms with E-state index in [0.29, 0.717) is 72.9 Å². The van der Waals surface area contributed by atoms with Gasteiger partial charge in [0.2, 0.25) is 5.91 Å². The van der Waals surface area contributed by atoms with Crippen molar-refractivity contribution in [2.75, 3.05) is 37.7 Å². The van der Waals surface area contributed by atoms with Crippen molar-refractivity contribution in [1.82, 2.24) is 29.6 Å². The largest absolute Gasteiger partial charge is 0.508 e. The second kappa shape index (κ2) is 13.0. The number of carbonyl (C=O) groups is 1. The first kappa shape index (κ1) is 34.3. The summed E-state index contributed by atoms with van der Waals surface area (Å²) in [5.41, 5.74) is 2.68. The van der Waals surface area contributed by atoms with E-state index in [1.165, 1.54) is 29.1 Å². The fourth-order valence-electron chi connectivity index (χ4n) is 8.64. The fourth-order valence-corrected chi connectivity index (χ4v) is 8.64. The van der Waals surface area contributed by atoms with E-state index in [1.54, 1.807) is 6.07 Å². The number of carbonyl (C=O) groups excluding carboxylic acids is 1. The van der Waals surface area contributed by atoms with Crippen LogP contribution in [-0.4, -0.2) is 85.1 Å². The van der Waals surface area contributed by atoms with Crippen molar-refractivity contribution < 1.29 is 27.8 Å². The molecule has 0 amide bonds. The summed E-state index contributed by atoms with van der Waals surface area (Å²) in [4.78, 5) is 31.6. The number of hydrogen-bond acceptors (Lipinski definition) is 9. The standard InChI is InChI=1S/C39H42F3N7O3/c1-5-28-31(41)8-7-25-15-27(50)16-29(32(25)28)34-33(42)35-30(18-43-34)36(45-38(44-35)52-20-39-11-6-12-48(39)19-26(40)17-39)47-13-9-24(10-14-47)37(51)49-23(4)21(2)22(3)46-49/h7-8,15-16,18,24,26,50H,5-6,9-14,17,19-20H2,1-4H3/t26-,39+/m1/s1. The van der Waals surface area contributed by atoms with Crippen LogP contribution in [0, 0.1) is 38.3 Å². The van der Waals surface area contributed by atoms with Gasteiger partial charge in [-0.3, -0.25) is 14.7 Å². The lowest BCUT2D eigenvalue weighted by Gasteiger charge is -2.33. The number of aromatic nitrogens is 5. The average Bonchev–Trinajstić information content (AvgIpc) is 3.75. The fraction of sp³-hybridized carbons (Fsp3) is 0.462. The number of alkyl halides is 1. The summed E-state index contributed by atoms with van der Waals surface area (Å²) in [6, 6.07) is 5.76. The Bertz CT molecular complexity index is 2240. The van der Waals surface area contributed by atoms with Crippen molar-refractivity contribution in [3.8, 4) is 23.0 Å². The van der Waals surface area contributed by atoms with Gasteiger partial charge in [0, 0.05) is 49.4 Å². The van der Waals surface area contributed by atoms with Gasteiger partial charge >= 0.3 is 6.01 Å². The Kier molecular flexibility index (Phi) is 8.59. The number of halogens is 3. The van der Waals surface area contributed by atoms with Crippen molar-refractivity contribution in [2.24, 2.45) is 5.92 Å². The van der Waals surface area contributed by atoms with Crippen molar-refractivity contribution in [2.45, 2.75) is 77.9 Å². The molecule has 0 radical (unpaired) electrons. The van der Waals surface area contributed by atoms with Crippen LogP contribution in [0.1, 0.15) is 66.3 Å². The number of phenolic OH excluding ortho intramolecular Hbond substituents is 1. The maximum Gasteiger partial charge on any atom is 0.319 e. The Hall–Kier alpha value is -4.78. The molecule has 2 aromatic carbocycles. The third-order valence-electron chi connectivity index (χ3n) is 11.6. The zero-order chi connectivity index (χ0) is 36.5. The molecular weight excluding hydrogens is 671 g/mol. The number of hydrogen-bond donors (Lipinski definition) is 1. The highest BCUT2D eigenvalue weighted by Gasteiger charge is 2.49. The summed E-state index contributed by atoms with van der Waals surface area (Å²) in [6.45, 7) is 9.80. The molecule has 1 N–H and O–H groups in total. The highest BCUT2D eigenvalue weighted by Crippen LogP contribution is 2.42. The van der Waals surface area contributed by atoms with E-state index in [4.69, 9.17) is 9.72 Å².